The van der Waals surface area contributed by atoms with E-state index in [0.29, 0.717) is 22.1 Å². The van der Waals surface area contributed by atoms with Crippen LogP contribution >= 0.6 is 11.6 Å². The third-order valence-electron chi connectivity index (χ3n) is 2.86. The van der Waals surface area contributed by atoms with Crippen molar-refractivity contribution in [1.82, 2.24) is 9.78 Å². The number of benzene rings is 1. The van der Waals surface area contributed by atoms with E-state index in [0.717, 1.165) is 0 Å². The van der Waals surface area contributed by atoms with Gasteiger partial charge in [-0.25, -0.2) is 0 Å². The zero-order valence-electron chi connectivity index (χ0n) is 11.4. The molecule has 0 fully saturated rings. The minimum Gasteiger partial charge on any atom is -0.506 e. The molecule has 21 heavy (non-hydrogen) atoms. The molecule has 0 saturated heterocycles. The van der Waals surface area contributed by atoms with Gasteiger partial charge in [-0.3, -0.25) is 14.8 Å². The van der Waals surface area contributed by atoms with Gasteiger partial charge in [0.2, 0.25) is 0 Å². The molecule has 2 aromatic rings. The molecule has 0 spiro atoms. The normalized spacial score (nSPS) is 11.0. The zero-order valence-corrected chi connectivity index (χ0v) is 12.1. The van der Waals surface area contributed by atoms with E-state index in [4.69, 9.17) is 11.6 Å². The van der Waals surface area contributed by atoms with Crippen LogP contribution in [-0.4, -0.2) is 19.8 Å². The molecule has 0 aliphatic heterocycles. The van der Waals surface area contributed by atoms with Crippen molar-refractivity contribution < 1.29 is 10.0 Å². The maximum Gasteiger partial charge on any atom is 0.317 e. The average Bonchev–Trinajstić information content (AvgIpc) is 2.68. The number of anilines is 1. The smallest absolute Gasteiger partial charge is 0.317 e. The molecule has 0 atom stereocenters. The summed E-state index contributed by atoms with van der Waals surface area (Å²) >= 11 is 5.83. The number of nitro groups is 1. The maximum absolute atomic E-state index is 11.0. The van der Waals surface area contributed by atoms with Crippen LogP contribution < -0.4 is 5.32 Å². The molecular weight excluding hydrogens is 296 g/mol. The molecule has 0 unspecified atom stereocenters. The van der Waals surface area contributed by atoms with Crippen molar-refractivity contribution >= 4 is 29.1 Å². The van der Waals surface area contributed by atoms with Crippen molar-refractivity contribution in [2.24, 2.45) is 7.05 Å². The van der Waals surface area contributed by atoms with E-state index in [2.05, 4.69) is 10.4 Å². The Kier molecular flexibility index (Phi) is 4.13. The molecular formula is C13H13ClN4O3. The number of rotatable bonds is 4. The lowest BCUT2D eigenvalue weighted by Crippen LogP contribution is -1.96. The molecule has 110 valence electrons. The monoisotopic (exact) mass is 308 g/mol. The molecule has 7 nitrogen and oxygen atoms in total. The Labute approximate surface area is 125 Å². The largest absolute Gasteiger partial charge is 0.506 e. The van der Waals surface area contributed by atoms with Crippen LogP contribution in [0.1, 0.15) is 11.4 Å². The SMILES string of the molecule is Cc1nn(C)c(/C=C/Nc2cc(Cl)ccc2O)c1[N+](=O)[O-]. The first kappa shape index (κ1) is 14.9. The Bertz CT molecular complexity index is 724. The van der Waals surface area contributed by atoms with Crippen LogP contribution in [0.3, 0.4) is 0 Å². The van der Waals surface area contributed by atoms with E-state index in [1.165, 1.54) is 23.0 Å². The Balaban J connectivity index is 2.26. The van der Waals surface area contributed by atoms with E-state index in [1.807, 2.05) is 0 Å². The van der Waals surface area contributed by atoms with Crippen molar-refractivity contribution in [2.75, 3.05) is 5.32 Å². The molecule has 2 rings (SSSR count). The highest BCUT2D eigenvalue weighted by Crippen LogP contribution is 2.27. The molecule has 0 saturated carbocycles. The summed E-state index contributed by atoms with van der Waals surface area (Å²) in [5.41, 5.74) is 1.05. The van der Waals surface area contributed by atoms with Gasteiger partial charge in [0.25, 0.3) is 0 Å². The fourth-order valence-electron chi connectivity index (χ4n) is 1.91. The van der Waals surface area contributed by atoms with Gasteiger partial charge in [0.1, 0.15) is 17.1 Å². The highest BCUT2D eigenvalue weighted by molar-refractivity contribution is 6.30. The summed E-state index contributed by atoms with van der Waals surface area (Å²) < 4.78 is 1.42. The highest BCUT2D eigenvalue weighted by Gasteiger charge is 2.21. The number of nitrogens with zero attached hydrogens (tertiary/aromatic N) is 3. The highest BCUT2D eigenvalue weighted by atomic mass is 35.5. The van der Waals surface area contributed by atoms with E-state index < -0.39 is 4.92 Å². The zero-order chi connectivity index (χ0) is 15.6. The van der Waals surface area contributed by atoms with Crippen molar-refractivity contribution in [3.8, 4) is 5.75 Å². The fraction of sp³-hybridized carbons (Fsp3) is 0.154. The molecule has 2 N–H and O–H groups in total. The van der Waals surface area contributed by atoms with Crippen molar-refractivity contribution in [2.45, 2.75) is 6.92 Å². The van der Waals surface area contributed by atoms with Crippen LogP contribution in [0.5, 0.6) is 5.75 Å². The molecule has 0 aliphatic carbocycles. The van der Waals surface area contributed by atoms with E-state index in [9.17, 15) is 15.2 Å². The fourth-order valence-corrected chi connectivity index (χ4v) is 2.08. The summed E-state index contributed by atoms with van der Waals surface area (Å²) in [7, 11) is 1.62. The number of nitrogens with one attached hydrogen (secondary N) is 1. The van der Waals surface area contributed by atoms with Gasteiger partial charge in [-0.15, -0.1) is 0 Å². The summed E-state index contributed by atoms with van der Waals surface area (Å²) in [4.78, 5) is 10.6. The van der Waals surface area contributed by atoms with Gasteiger partial charge in [-0.2, -0.15) is 5.10 Å². The topological polar surface area (TPSA) is 93.2 Å². The minimum atomic E-state index is -0.473. The average molecular weight is 309 g/mol. The first-order valence-corrected chi connectivity index (χ1v) is 6.37. The number of phenolic OH excluding ortho intramolecular Hbond substituents is 1. The molecule has 0 radical (unpaired) electrons. The maximum atomic E-state index is 11.0. The van der Waals surface area contributed by atoms with Crippen molar-refractivity contribution in [1.29, 1.82) is 0 Å². The molecule has 0 amide bonds. The second-order valence-corrected chi connectivity index (χ2v) is 4.78. The van der Waals surface area contributed by atoms with Crippen LogP contribution in [0.25, 0.3) is 6.08 Å². The molecule has 1 aromatic heterocycles. The number of hydrogen-bond donors (Lipinski definition) is 2. The third-order valence-corrected chi connectivity index (χ3v) is 3.09. The van der Waals surface area contributed by atoms with Crippen LogP contribution in [0, 0.1) is 17.0 Å². The van der Waals surface area contributed by atoms with Crippen LogP contribution in [0.15, 0.2) is 24.4 Å². The van der Waals surface area contributed by atoms with Crippen molar-refractivity contribution in [3.63, 3.8) is 0 Å². The van der Waals surface area contributed by atoms with Gasteiger partial charge >= 0.3 is 5.69 Å². The van der Waals surface area contributed by atoms with Gasteiger partial charge in [0, 0.05) is 18.3 Å². The Morgan fingerprint density at radius 2 is 2.24 bits per heavy atom. The summed E-state index contributed by atoms with van der Waals surface area (Å²) in [6.45, 7) is 1.58. The van der Waals surface area contributed by atoms with E-state index >= 15 is 0 Å². The van der Waals surface area contributed by atoms with Crippen LogP contribution in [0.2, 0.25) is 5.02 Å². The number of aromatic nitrogens is 2. The van der Waals surface area contributed by atoms with Gasteiger partial charge in [0.15, 0.2) is 0 Å². The second kappa shape index (κ2) is 5.84. The van der Waals surface area contributed by atoms with Gasteiger partial charge in [-0.1, -0.05) is 11.6 Å². The first-order valence-electron chi connectivity index (χ1n) is 5.99. The predicted molar refractivity (Wildman–Crippen MR) is 80.4 cm³/mol. The molecule has 1 aromatic carbocycles. The summed E-state index contributed by atoms with van der Waals surface area (Å²) in [5, 5.41) is 28.0. The lowest BCUT2D eigenvalue weighted by molar-refractivity contribution is -0.385. The standard InChI is InChI=1S/C13H13ClN4O3/c1-8-13(18(20)21)11(17(2)16-8)5-6-15-10-7-9(14)3-4-12(10)19/h3-7,15,19H,1-2H3/b6-5+. The molecule has 0 aliphatic rings. The Hall–Kier alpha value is -2.54. The van der Waals surface area contributed by atoms with Crippen LogP contribution in [0.4, 0.5) is 11.4 Å². The number of phenols is 1. The van der Waals surface area contributed by atoms with Crippen LogP contribution in [-0.2, 0) is 7.05 Å². The number of hydrogen-bond acceptors (Lipinski definition) is 5. The number of aryl methyl sites for hydroxylation is 2. The molecule has 1 heterocycles. The lowest BCUT2D eigenvalue weighted by Gasteiger charge is -2.04. The minimum absolute atomic E-state index is 0.0275. The van der Waals surface area contributed by atoms with Crippen molar-refractivity contribution in [3.05, 3.63) is 50.9 Å². The predicted octanol–water partition coefficient (Wildman–Crippen LogP) is 3.08. The summed E-state index contributed by atoms with van der Waals surface area (Å²) in [6.07, 6.45) is 2.99. The quantitative estimate of drug-likeness (QED) is 0.514. The van der Waals surface area contributed by atoms with E-state index in [1.54, 1.807) is 26.1 Å². The second-order valence-electron chi connectivity index (χ2n) is 4.34. The number of aromatic hydroxyl groups is 1. The Morgan fingerprint density at radius 1 is 1.52 bits per heavy atom. The first-order chi connectivity index (χ1) is 9.90. The molecule has 0 bridgehead atoms. The lowest BCUT2D eigenvalue weighted by atomic mass is 10.3. The number of halogens is 1. The summed E-state index contributed by atoms with van der Waals surface area (Å²) in [5.74, 6) is 0.0275. The van der Waals surface area contributed by atoms with Gasteiger partial charge < -0.3 is 10.4 Å². The molecule has 8 heteroatoms. The van der Waals surface area contributed by atoms with Gasteiger partial charge in [0.05, 0.1) is 10.6 Å². The third kappa shape index (κ3) is 3.14. The van der Waals surface area contributed by atoms with Gasteiger partial charge in [-0.05, 0) is 31.2 Å². The Morgan fingerprint density at radius 3 is 2.90 bits per heavy atom. The van der Waals surface area contributed by atoms with E-state index in [-0.39, 0.29) is 11.4 Å². The summed E-state index contributed by atoms with van der Waals surface area (Å²) in [6, 6.07) is 4.56.